The van der Waals surface area contributed by atoms with Crippen LogP contribution >= 0.6 is 0 Å². The molecule has 0 spiro atoms. The largest absolute Gasteiger partial charge is 0.419 e. The van der Waals surface area contributed by atoms with Gasteiger partial charge in [0.2, 0.25) is 0 Å². The second kappa shape index (κ2) is 5.37. The van der Waals surface area contributed by atoms with Crippen LogP contribution in [0.2, 0.25) is 0 Å². The molecule has 0 amide bonds. The topological polar surface area (TPSA) is 65.8 Å². The molecule has 112 valence electrons. The van der Waals surface area contributed by atoms with Gasteiger partial charge >= 0.3 is 6.18 Å². The lowest BCUT2D eigenvalue weighted by Gasteiger charge is -2.31. The SMILES string of the molecule is [N-]=[N+]=NC1(c2ccc(C(F)(F)F)c(F)c2)CCCCC1=O. The van der Waals surface area contributed by atoms with Crippen LogP contribution in [0.5, 0.6) is 0 Å². The Kier molecular flexibility index (Phi) is 3.91. The zero-order chi connectivity index (χ0) is 15.7. The van der Waals surface area contributed by atoms with Crippen molar-refractivity contribution in [2.24, 2.45) is 5.11 Å². The van der Waals surface area contributed by atoms with Gasteiger partial charge in [0.1, 0.15) is 17.1 Å². The van der Waals surface area contributed by atoms with Crippen LogP contribution in [-0.2, 0) is 16.5 Å². The zero-order valence-corrected chi connectivity index (χ0v) is 10.8. The molecule has 8 heteroatoms. The van der Waals surface area contributed by atoms with E-state index in [1.54, 1.807) is 0 Å². The highest BCUT2D eigenvalue weighted by Gasteiger charge is 2.42. The normalized spacial score (nSPS) is 22.8. The highest BCUT2D eigenvalue weighted by molar-refractivity contribution is 5.90. The van der Waals surface area contributed by atoms with Crippen molar-refractivity contribution in [2.75, 3.05) is 0 Å². The Morgan fingerprint density at radius 1 is 1.29 bits per heavy atom. The van der Waals surface area contributed by atoms with Crippen molar-refractivity contribution in [3.8, 4) is 0 Å². The van der Waals surface area contributed by atoms with E-state index in [0.717, 1.165) is 6.07 Å². The van der Waals surface area contributed by atoms with Crippen LogP contribution in [0.15, 0.2) is 23.3 Å². The van der Waals surface area contributed by atoms with E-state index in [0.29, 0.717) is 25.0 Å². The lowest BCUT2D eigenvalue weighted by molar-refractivity contribution is -0.140. The average molecular weight is 301 g/mol. The van der Waals surface area contributed by atoms with Gasteiger partial charge in [-0.25, -0.2) is 4.39 Å². The molecule has 1 aliphatic carbocycles. The molecule has 0 aromatic heterocycles. The second-order valence-corrected chi connectivity index (χ2v) is 4.87. The number of ketones is 1. The summed E-state index contributed by atoms with van der Waals surface area (Å²) in [6.07, 6.45) is -3.30. The molecule has 4 nitrogen and oxygen atoms in total. The van der Waals surface area contributed by atoms with Crippen LogP contribution in [-0.4, -0.2) is 5.78 Å². The van der Waals surface area contributed by atoms with E-state index < -0.39 is 28.9 Å². The number of carbonyl (C=O) groups excluding carboxylic acids is 1. The molecule has 1 saturated carbocycles. The van der Waals surface area contributed by atoms with E-state index in [9.17, 15) is 22.4 Å². The van der Waals surface area contributed by atoms with E-state index in [-0.39, 0.29) is 18.4 Å². The summed E-state index contributed by atoms with van der Waals surface area (Å²) in [6.45, 7) is 0. The molecule has 0 bridgehead atoms. The number of hydrogen-bond donors (Lipinski definition) is 0. The summed E-state index contributed by atoms with van der Waals surface area (Å²) in [5.74, 6) is -1.88. The number of nitrogens with zero attached hydrogens (tertiary/aromatic N) is 3. The van der Waals surface area contributed by atoms with E-state index >= 15 is 0 Å². The van der Waals surface area contributed by atoms with Gasteiger partial charge in [0.15, 0.2) is 0 Å². The fourth-order valence-corrected chi connectivity index (χ4v) is 2.56. The monoisotopic (exact) mass is 301 g/mol. The van der Waals surface area contributed by atoms with Crippen LogP contribution in [0.4, 0.5) is 17.6 Å². The third-order valence-corrected chi connectivity index (χ3v) is 3.62. The molecule has 2 rings (SSSR count). The number of hydrogen-bond acceptors (Lipinski definition) is 2. The Labute approximate surface area is 117 Å². The van der Waals surface area contributed by atoms with Crippen LogP contribution in [0.3, 0.4) is 0 Å². The minimum Gasteiger partial charge on any atom is -0.299 e. The Morgan fingerprint density at radius 2 is 2.00 bits per heavy atom. The fraction of sp³-hybridized carbons (Fsp3) is 0.462. The van der Waals surface area contributed by atoms with Crippen molar-refractivity contribution in [1.82, 2.24) is 0 Å². The average Bonchev–Trinajstić information content (AvgIpc) is 2.40. The number of benzene rings is 1. The van der Waals surface area contributed by atoms with Gasteiger partial charge in [-0.2, -0.15) is 13.2 Å². The van der Waals surface area contributed by atoms with Gasteiger partial charge in [-0.3, -0.25) is 4.79 Å². The smallest absolute Gasteiger partial charge is 0.299 e. The van der Waals surface area contributed by atoms with Gasteiger partial charge in [-0.15, -0.1) is 0 Å². The molecule has 0 aliphatic heterocycles. The predicted molar refractivity (Wildman–Crippen MR) is 65.7 cm³/mol. The lowest BCUT2D eigenvalue weighted by Crippen LogP contribution is -2.36. The van der Waals surface area contributed by atoms with Crippen LogP contribution in [0, 0.1) is 5.82 Å². The third-order valence-electron chi connectivity index (χ3n) is 3.62. The molecular weight excluding hydrogens is 290 g/mol. The molecule has 1 atom stereocenters. The summed E-state index contributed by atoms with van der Waals surface area (Å²) in [6, 6.07) is 2.21. The molecule has 1 aromatic carbocycles. The number of rotatable bonds is 2. The Morgan fingerprint density at radius 3 is 2.52 bits per heavy atom. The molecule has 0 saturated heterocycles. The Bertz CT molecular complexity index is 622. The van der Waals surface area contributed by atoms with Gasteiger partial charge in [0, 0.05) is 11.3 Å². The summed E-state index contributed by atoms with van der Waals surface area (Å²) in [7, 11) is 0. The molecule has 1 fully saturated rings. The van der Waals surface area contributed by atoms with Crippen molar-refractivity contribution in [2.45, 2.75) is 37.4 Å². The van der Waals surface area contributed by atoms with Gasteiger partial charge < -0.3 is 0 Å². The highest BCUT2D eigenvalue weighted by atomic mass is 19.4. The first-order valence-corrected chi connectivity index (χ1v) is 6.28. The second-order valence-electron chi connectivity index (χ2n) is 4.87. The van der Waals surface area contributed by atoms with Crippen molar-refractivity contribution >= 4 is 5.78 Å². The van der Waals surface area contributed by atoms with E-state index in [1.165, 1.54) is 0 Å². The minimum atomic E-state index is -4.81. The maximum Gasteiger partial charge on any atom is 0.419 e. The Hall–Kier alpha value is -2.08. The molecule has 1 aliphatic rings. The van der Waals surface area contributed by atoms with Crippen molar-refractivity contribution in [1.29, 1.82) is 0 Å². The van der Waals surface area contributed by atoms with Gasteiger partial charge in [0.25, 0.3) is 0 Å². The first-order chi connectivity index (χ1) is 9.81. The summed E-state index contributed by atoms with van der Waals surface area (Å²) < 4.78 is 51.3. The third kappa shape index (κ3) is 2.71. The quantitative estimate of drug-likeness (QED) is 0.343. The molecular formula is C13H11F4N3O. The summed E-state index contributed by atoms with van der Waals surface area (Å²) in [5.41, 5.74) is 5.61. The van der Waals surface area contributed by atoms with E-state index in [2.05, 4.69) is 10.0 Å². The number of Topliss-reactive ketones (excluding diaryl/α,β-unsaturated/α-hetero) is 1. The Balaban J connectivity index is 2.55. The van der Waals surface area contributed by atoms with Crippen LogP contribution in [0.1, 0.15) is 36.8 Å². The highest BCUT2D eigenvalue weighted by Crippen LogP contribution is 2.40. The number of azide groups is 1. The predicted octanol–water partition coefficient (Wildman–Crippen LogP) is 4.49. The lowest BCUT2D eigenvalue weighted by atomic mass is 9.76. The zero-order valence-electron chi connectivity index (χ0n) is 10.8. The van der Waals surface area contributed by atoms with Crippen LogP contribution in [0.25, 0.3) is 10.4 Å². The van der Waals surface area contributed by atoms with Gasteiger partial charge in [-0.05, 0) is 36.1 Å². The maximum atomic E-state index is 13.7. The van der Waals surface area contributed by atoms with Crippen molar-refractivity contribution < 1.29 is 22.4 Å². The molecule has 0 heterocycles. The fourth-order valence-electron chi connectivity index (χ4n) is 2.56. The molecule has 0 radical (unpaired) electrons. The molecule has 1 aromatic rings. The number of halogens is 4. The minimum absolute atomic E-state index is 0.0319. The standard InChI is InChI=1S/C13H11F4N3O/c14-10-7-8(4-5-9(10)13(15,16)17)12(19-20-18)6-2-1-3-11(12)21/h4-5,7H,1-3,6H2. The summed E-state index contributed by atoms with van der Waals surface area (Å²) >= 11 is 0. The maximum absolute atomic E-state index is 13.7. The first-order valence-electron chi connectivity index (χ1n) is 6.28. The van der Waals surface area contributed by atoms with Crippen molar-refractivity contribution in [3.63, 3.8) is 0 Å². The van der Waals surface area contributed by atoms with Gasteiger partial charge in [0.05, 0.1) is 5.56 Å². The summed E-state index contributed by atoms with van der Waals surface area (Å²) in [4.78, 5) is 14.7. The van der Waals surface area contributed by atoms with Crippen molar-refractivity contribution in [3.05, 3.63) is 45.6 Å². The number of carbonyl (C=O) groups is 1. The van der Waals surface area contributed by atoms with E-state index in [1.807, 2.05) is 0 Å². The first kappa shape index (κ1) is 15.3. The summed E-state index contributed by atoms with van der Waals surface area (Å²) in [5, 5.41) is 3.48. The molecule has 21 heavy (non-hydrogen) atoms. The van der Waals surface area contributed by atoms with Gasteiger partial charge in [-0.1, -0.05) is 17.6 Å². The molecule has 0 N–H and O–H groups in total. The number of alkyl halides is 3. The van der Waals surface area contributed by atoms with E-state index in [4.69, 9.17) is 5.53 Å². The van der Waals surface area contributed by atoms with Crippen LogP contribution < -0.4 is 0 Å². The molecule has 1 unspecified atom stereocenters.